The molecule has 0 heterocycles. The monoisotopic (exact) mass is 327 g/mol. The molecule has 2 rings (SSSR count). The van der Waals surface area contributed by atoms with Gasteiger partial charge < -0.3 is 20.1 Å². The number of hydrogen-bond acceptors (Lipinski definition) is 3. The number of benzene rings is 2. The Kier molecular flexibility index (Phi) is 7.11. The summed E-state index contributed by atoms with van der Waals surface area (Å²) in [6, 6.07) is 16.3. The molecule has 0 aliphatic carbocycles. The highest BCUT2D eigenvalue weighted by atomic mass is 16.5. The average molecular weight is 327 g/mol. The van der Waals surface area contributed by atoms with Gasteiger partial charge in [0, 0.05) is 32.8 Å². The van der Waals surface area contributed by atoms with Crippen LogP contribution in [0.2, 0.25) is 0 Å². The number of para-hydroxylation sites is 1. The van der Waals surface area contributed by atoms with Gasteiger partial charge >= 0.3 is 0 Å². The Labute approximate surface area is 143 Å². The second-order valence-electron chi connectivity index (χ2n) is 5.34. The van der Waals surface area contributed by atoms with Crippen LogP contribution in [0.5, 0.6) is 5.75 Å². The van der Waals surface area contributed by atoms with Crippen molar-refractivity contribution in [3.63, 3.8) is 0 Å². The largest absolute Gasteiger partial charge is 0.496 e. The zero-order valence-electron chi connectivity index (χ0n) is 14.5. The normalized spacial score (nSPS) is 11.2. The lowest BCUT2D eigenvalue weighted by Gasteiger charge is -2.14. The quantitative estimate of drug-likeness (QED) is 0.606. The van der Waals surface area contributed by atoms with Crippen LogP contribution >= 0.6 is 0 Å². The third kappa shape index (κ3) is 5.28. The van der Waals surface area contributed by atoms with Gasteiger partial charge in [0.05, 0.1) is 13.7 Å². The lowest BCUT2D eigenvalue weighted by Crippen LogP contribution is -2.36. The number of nitrogens with one attached hydrogen (secondary N) is 2. The summed E-state index contributed by atoms with van der Waals surface area (Å²) in [5.41, 5.74) is 3.45. The molecule has 0 fully saturated rings. The van der Waals surface area contributed by atoms with Crippen LogP contribution in [0.1, 0.15) is 16.7 Å². The number of nitrogens with zero attached hydrogens (tertiary/aromatic N) is 1. The first-order valence-corrected chi connectivity index (χ1v) is 7.90. The van der Waals surface area contributed by atoms with Crippen molar-refractivity contribution in [3.8, 4) is 5.75 Å². The molecule has 0 amide bonds. The molecule has 2 aromatic rings. The van der Waals surface area contributed by atoms with Crippen LogP contribution in [-0.4, -0.2) is 27.2 Å². The molecule has 2 aromatic carbocycles. The van der Waals surface area contributed by atoms with Gasteiger partial charge in [-0.15, -0.1) is 0 Å². The molecule has 24 heavy (non-hydrogen) atoms. The topological polar surface area (TPSA) is 54.9 Å². The summed E-state index contributed by atoms with van der Waals surface area (Å²) in [4.78, 5) is 4.25. The highest BCUT2D eigenvalue weighted by Gasteiger charge is 2.03. The number of guanidine groups is 1. The van der Waals surface area contributed by atoms with Gasteiger partial charge in [0.2, 0.25) is 0 Å². The van der Waals surface area contributed by atoms with Gasteiger partial charge in [0.25, 0.3) is 0 Å². The van der Waals surface area contributed by atoms with Gasteiger partial charge in [-0.2, -0.15) is 0 Å². The Morgan fingerprint density at radius 2 is 1.58 bits per heavy atom. The van der Waals surface area contributed by atoms with E-state index in [1.165, 1.54) is 11.1 Å². The van der Waals surface area contributed by atoms with E-state index in [4.69, 9.17) is 9.47 Å². The first-order chi connectivity index (χ1) is 11.8. The zero-order chi connectivity index (χ0) is 17.2. The van der Waals surface area contributed by atoms with Crippen LogP contribution in [0.25, 0.3) is 0 Å². The van der Waals surface area contributed by atoms with Gasteiger partial charge in [-0.05, 0) is 17.2 Å². The maximum atomic E-state index is 5.36. The highest BCUT2D eigenvalue weighted by molar-refractivity contribution is 5.79. The average Bonchev–Trinajstić information content (AvgIpc) is 2.63. The summed E-state index contributed by atoms with van der Waals surface area (Å²) in [6.45, 7) is 1.99. The van der Waals surface area contributed by atoms with Gasteiger partial charge in [-0.25, -0.2) is 0 Å². The Balaban J connectivity index is 1.86. The van der Waals surface area contributed by atoms with Crippen molar-refractivity contribution in [2.24, 2.45) is 4.99 Å². The minimum absolute atomic E-state index is 0.635. The van der Waals surface area contributed by atoms with E-state index in [2.05, 4.69) is 39.9 Å². The van der Waals surface area contributed by atoms with Crippen LogP contribution in [0.4, 0.5) is 0 Å². The molecule has 0 spiro atoms. The van der Waals surface area contributed by atoms with Crippen molar-refractivity contribution in [3.05, 3.63) is 65.2 Å². The second-order valence-corrected chi connectivity index (χ2v) is 5.34. The lowest BCUT2D eigenvalue weighted by atomic mass is 10.1. The fraction of sp³-hybridized carbons (Fsp3) is 0.316. The molecular formula is C19H25N3O2. The zero-order valence-corrected chi connectivity index (χ0v) is 14.5. The Morgan fingerprint density at radius 1 is 0.917 bits per heavy atom. The Morgan fingerprint density at radius 3 is 2.25 bits per heavy atom. The molecule has 5 nitrogen and oxygen atoms in total. The molecule has 0 saturated heterocycles. The molecule has 0 atom stereocenters. The van der Waals surface area contributed by atoms with Gasteiger partial charge in [-0.3, -0.25) is 4.99 Å². The number of hydrogen-bond donors (Lipinski definition) is 2. The fourth-order valence-corrected chi connectivity index (χ4v) is 2.35. The molecule has 2 N–H and O–H groups in total. The summed E-state index contributed by atoms with van der Waals surface area (Å²) in [6.07, 6.45) is 0. The van der Waals surface area contributed by atoms with Crippen molar-refractivity contribution in [1.82, 2.24) is 10.6 Å². The smallest absolute Gasteiger partial charge is 0.191 e. The van der Waals surface area contributed by atoms with Gasteiger partial charge in [-0.1, -0.05) is 42.5 Å². The number of aliphatic imine (C=N–C) groups is 1. The second kappa shape index (κ2) is 9.57. The van der Waals surface area contributed by atoms with Crippen LogP contribution in [0.15, 0.2) is 53.5 Å². The van der Waals surface area contributed by atoms with Crippen molar-refractivity contribution >= 4 is 5.96 Å². The molecule has 0 bridgehead atoms. The molecular weight excluding hydrogens is 302 g/mol. The summed E-state index contributed by atoms with van der Waals surface area (Å²) >= 11 is 0. The van der Waals surface area contributed by atoms with E-state index in [-0.39, 0.29) is 0 Å². The summed E-state index contributed by atoms with van der Waals surface area (Å²) in [5, 5.41) is 6.61. The first kappa shape index (κ1) is 17.8. The van der Waals surface area contributed by atoms with Gasteiger partial charge in [0.15, 0.2) is 5.96 Å². The number of ether oxygens (including phenoxy) is 2. The molecule has 0 aliphatic heterocycles. The first-order valence-electron chi connectivity index (χ1n) is 7.90. The van der Waals surface area contributed by atoms with Crippen LogP contribution in [0, 0.1) is 0 Å². The summed E-state index contributed by atoms with van der Waals surface area (Å²) in [5.74, 6) is 1.62. The molecule has 0 unspecified atom stereocenters. The summed E-state index contributed by atoms with van der Waals surface area (Å²) in [7, 11) is 5.14. The van der Waals surface area contributed by atoms with Crippen molar-refractivity contribution in [2.45, 2.75) is 19.7 Å². The van der Waals surface area contributed by atoms with Crippen molar-refractivity contribution < 1.29 is 9.47 Å². The van der Waals surface area contributed by atoms with Gasteiger partial charge in [0.1, 0.15) is 5.75 Å². The lowest BCUT2D eigenvalue weighted by molar-refractivity contribution is 0.185. The number of methoxy groups -OCH3 is 2. The SMILES string of the molecule is CN=C(NCc1ccc(COC)cc1)NCc1ccccc1OC. The van der Waals surface area contributed by atoms with E-state index in [0.717, 1.165) is 17.3 Å². The molecule has 0 aromatic heterocycles. The molecule has 5 heteroatoms. The maximum Gasteiger partial charge on any atom is 0.191 e. The molecule has 128 valence electrons. The third-order valence-corrected chi connectivity index (χ3v) is 3.66. The van der Waals surface area contributed by atoms with E-state index in [1.807, 2.05) is 24.3 Å². The van der Waals surface area contributed by atoms with E-state index in [1.54, 1.807) is 21.3 Å². The number of rotatable bonds is 7. The molecule has 0 aliphatic rings. The van der Waals surface area contributed by atoms with E-state index in [0.29, 0.717) is 19.7 Å². The Bertz CT molecular complexity index is 654. The van der Waals surface area contributed by atoms with Crippen molar-refractivity contribution in [2.75, 3.05) is 21.3 Å². The fourth-order valence-electron chi connectivity index (χ4n) is 2.35. The van der Waals surface area contributed by atoms with E-state index in [9.17, 15) is 0 Å². The third-order valence-electron chi connectivity index (χ3n) is 3.66. The maximum absolute atomic E-state index is 5.36. The molecule has 0 saturated carbocycles. The summed E-state index contributed by atoms with van der Waals surface area (Å²) < 4.78 is 10.5. The van der Waals surface area contributed by atoms with Crippen LogP contribution in [0.3, 0.4) is 0 Å². The minimum Gasteiger partial charge on any atom is -0.496 e. The minimum atomic E-state index is 0.635. The van der Waals surface area contributed by atoms with E-state index >= 15 is 0 Å². The Hall–Kier alpha value is -2.53. The predicted octanol–water partition coefficient (Wildman–Crippen LogP) is 2.71. The van der Waals surface area contributed by atoms with Crippen molar-refractivity contribution in [1.29, 1.82) is 0 Å². The van der Waals surface area contributed by atoms with Crippen LogP contribution < -0.4 is 15.4 Å². The van der Waals surface area contributed by atoms with Crippen LogP contribution in [-0.2, 0) is 24.4 Å². The standard InChI is InChI=1S/C19H25N3O2/c1-20-19(22-13-17-6-4-5-7-18(17)24-3)21-12-15-8-10-16(11-9-15)14-23-2/h4-11H,12-14H2,1-3H3,(H2,20,21,22). The molecule has 0 radical (unpaired) electrons. The van der Waals surface area contributed by atoms with E-state index < -0.39 is 0 Å². The predicted molar refractivity (Wildman–Crippen MR) is 97.2 cm³/mol. The highest BCUT2D eigenvalue weighted by Crippen LogP contribution is 2.16.